The zero-order chi connectivity index (χ0) is 13.0. The predicted molar refractivity (Wildman–Crippen MR) is 69.7 cm³/mol. The topological polar surface area (TPSA) is 69.6 Å². The molecule has 0 aliphatic heterocycles. The highest BCUT2D eigenvalue weighted by molar-refractivity contribution is 6.02. The van der Waals surface area contributed by atoms with E-state index in [9.17, 15) is 4.79 Å². The number of carbonyl (C=O) groups excluding carboxylic acids is 1. The summed E-state index contributed by atoms with van der Waals surface area (Å²) in [6.07, 6.45) is 5.59. The van der Waals surface area contributed by atoms with Crippen LogP contribution in [-0.4, -0.2) is 29.1 Å². The quantitative estimate of drug-likeness (QED) is 0.625. The zero-order valence-electron chi connectivity index (χ0n) is 10.4. The SMILES string of the molecule is COCCCCC(=O)c1cnn2ccc(N)cc12. The van der Waals surface area contributed by atoms with Gasteiger partial charge in [-0.2, -0.15) is 5.10 Å². The number of nitrogen functional groups attached to an aromatic ring is 1. The van der Waals surface area contributed by atoms with Crippen molar-refractivity contribution in [3.05, 3.63) is 30.1 Å². The van der Waals surface area contributed by atoms with Gasteiger partial charge in [0.15, 0.2) is 5.78 Å². The summed E-state index contributed by atoms with van der Waals surface area (Å²) in [6.45, 7) is 0.689. The molecular formula is C13H17N3O2. The van der Waals surface area contributed by atoms with E-state index >= 15 is 0 Å². The Morgan fingerprint density at radius 1 is 1.50 bits per heavy atom. The third-order valence-corrected chi connectivity index (χ3v) is 2.85. The zero-order valence-corrected chi connectivity index (χ0v) is 10.4. The second-order valence-electron chi connectivity index (χ2n) is 4.22. The molecule has 2 N–H and O–H groups in total. The van der Waals surface area contributed by atoms with Gasteiger partial charge >= 0.3 is 0 Å². The third kappa shape index (κ3) is 2.68. The monoisotopic (exact) mass is 247 g/mol. The first-order valence-corrected chi connectivity index (χ1v) is 5.97. The summed E-state index contributed by atoms with van der Waals surface area (Å²) >= 11 is 0. The average Bonchev–Trinajstić information content (AvgIpc) is 2.77. The van der Waals surface area contributed by atoms with E-state index in [4.69, 9.17) is 10.5 Å². The van der Waals surface area contributed by atoms with Crippen molar-refractivity contribution in [2.24, 2.45) is 0 Å². The van der Waals surface area contributed by atoms with Gasteiger partial charge in [0.2, 0.25) is 0 Å². The summed E-state index contributed by atoms with van der Waals surface area (Å²) in [7, 11) is 1.66. The molecule has 0 saturated carbocycles. The van der Waals surface area contributed by atoms with Crippen LogP contribution < -0.4 is 5.73 Å². The smallest absolute Gasteiger partial charge is 0.166 e. The molecule has 0 aliphatic carbocycles. The molecule has 0 spiro atoms. The van der Waals surface area contributed by atoms with Crippen molar-refractivity contribution in [1.29, 1.82) is 0 Å². The second kappa shape index (κ2) is 5.64. The van der Waals surface area contributed by atoms with Crippen LogP contribution >= 0.6 is 0 Å². The highest BCUT2D eigenvalue weighted by Gasteiger charge is 2.12. The van der Waals surface area contributed by atoms with Crippen LogP contribution in [0.4, 0.5) is 5.69 Å². The first-order valence-electron chi connectivity index (χ1n) is 5.97. The number of nitrogens with zero attached hydrogens (tertiary/aromatic N) is 2. The minimum atomic E-state index is 0.103. The molecule has 2 rings (SSSR count). The number of ketones is 1. The van der Waals surface area contributed by atoms with Gasteiger partial charge in [0, 0.05) is 32.0 Å². The molecule has 0 aliphatic rings. The highest BCUT2D eigenvalue weighted by Crippen LogP contribution is 2.16. The maximum Gasteiger partial charge on any atom is 0.166 e. The van der Waals surface area contributed by atoms with Gasteiger partial charge in [-0.15, -0.1) is 0 Å². The minimum absolute atomic E-state index is 0.103. The number of fused-ring (bicyclic) bond motifs is 1. The van der Waals surface area contributed by atoms with Crippen molar-refractivity contribution in [2.45, 2.75) is 19.3 Å². The molecule has 5 heteroatoms. The Kier molecular flexibility index (Phi) is 3.94. The highest BCUT2D eigenvalue weighted by atomic mass is 16.5. The Morgan fingerprint density at radius 3 is 3.11 bits per heavy atom. The largest absolute Gasteiger partial charge is 0.399 e. The Hall–Kier alpha value is -1.88. The number of rotatable bonds is 6. The van der Waals surface area contributed by atoms with Crippen molar-refractivity contribution in [2.75, 3.05) is 19.5 Å². The van der Waals surface area contributed by atoms with E-state index in [-0.39, 0.29) is 5.78 Å². The summed E-state index contributed by atoms with van der Waals surface area (Å²) < 4.78 is 6.62. The summed E-state index contributed by atoms with van der Waals surface area (Å²) in [5.74, 6) is 0.103. The molecule has 0 unspecified atom stereocenters. The molecular weight excluding hydrogens is 230 g/mol. The molecule has 5 nitrogen and oxygen atoms in total. The van der Waals surface area contributed by atoms with Gasteiger partial charge in [0.1, 0.15) is 0 Å². The standard InChI is InChI=1S/C13H17N3O2/c1-18-7-3-2-4-13(17)11-9-15-16-6-5-10(14)8-12(11)16/h5-6,8-9H,2-4,7,14H2,1H3. The van der Waals surface area contributed by atoms with Crippen LogP contribution in [0.25, 0.3) is 5.52 Å². The van der Waals surface area contributed by atoms with Gasteiger partial charge in [-0.1, -0.05) is 0 Å². The summed E-state index contributed by atoms with van der Waals surface area (Å²) in [6, 6.07) is 3.53. The molecule has 0 saturated heterocycles. The summed E-state index contributed by atoms with van der Waals surface area (Å²) in [4.78, 5) is 12.1. The van der Waals surface area contributed by atoms with Crippen LogP contribution in [0.3, 0.4) is 0 Å². The molecule has 2 aromatic rings. The first-order chi connectivity index (χ1) is 8.72. The van der Waals surface area contributed by atoms with Gasteiger partial charge in [-0.05, 0) is 25.0 Å². The van der Waals surface area contributed by atoms with Crippen LogP contribution in [0.1, 0.15) is 29.6 Å². The maximum atomic E-state index is 12.1. The maximum absolute atomic E-state index is 12.1. The number of pyridine rings is 1. The Morgan fingerprint density at radius 2 is 2.33 bits per heavy atom. The van der Waals surface area contributed by atoms with Crippen molar-refractivity contribution in [1.82, 2.24) is 9.61 Å². The molecule has 2 heterocycles. The molecule has 96 valence electrons. The molecule has 0 radical (unpaired) electrons. The number of hydrogen-bond acceptors (Lipinski definition) is 4. The lowest BCUT2D eigenvalue weighted by Crippen LogP contribution is -2.00. The molecule has 0 fully saturated rings. The van der Waals surface area contributed by atoms with E-state index in [1.165, 1.54) is 0 Å². The molecule has 2 aromatic heterocycles. The number of aromatic nitrogens is 2. The molecule has 0 atom stereocenters. The normalized spacial score (nSPS) is 10.9. The fraction of sp³-hybridized carbons (Fsp3) is 0.385. The fourth-order valence-electron chi connectivity index (χ4n) is 1.88. The van der Waals surface area contributed by atoms with Crippen LogP contribution in [0.5, 0.6) is 0 Å². The van der Waals surface area contributed by atoms with Crippen LogP contribution in [0, 0.1) is 0 Å². The molecule has 0 bridgehead atoms. The number of Topliss-reactive ketones (excluding diaryl/α,β-unsaturated/α-hetero) is 1. The number of methoxy groups -OCH3 is 1. The lowest BCUT2D eigenvalue weighted by molar-refractivity contribution is 0.0976. The van der Waals surface area contributed by atoms with E-state index in [1.807, 2.05) is 0 Å². The van der Waals surface area contributed by atoms with E-state index in [0.717, 1.165) is 18.4 Å². The van der Waals surface area contributed by atoms with Gasteiger partial charge in [-0.3, -0.25) is 4.79 Å². The molecule has 0 amide bonds. The Labute approximate surface area is 106 Å². The number of hydrogen-bond donors (Lipinski definition) is 1. The van der Waals surface area contributed by atoms with Crippen molar-refractivity contribution >= 4 is 17.0 Å². The van der Waals surface area contributed by atoms with Crippen molar-refractivity contribution in [3.8, 4) is 0 Å². The number of anilines is 1. The number of carbonyl (C=O) groups is 1. The summed E-state index contributed by atoms with van der Waals surface area (Å²) in [5.41, 5.74) is 7.77. The van der Waals surface area contributed by atoms with E-state index in [2.05, 4.69) is 5.10 Å². The second-order valence-corrected chi connectivity index (χ2v) is 4.22. The lowest BCUT2D eigenvalue weighted by atomic mass is 10.1. The van der Waals surface area contributed by atoms with Gasteiger partial charge in [0.05, 0.1) is 17.3 Å². The van der Waals surface area contributed by atoms with E-state index in [1.54, 1.807) is 36.2 Å². The molecule has 18 heavy (non-hydrogen) atoms. The van der Waals surface area contributed by atoms with Crippen LogP contribution in [0.15, 0.2) is 24.5 Å². The Bertz CT molecular complexity index is 548. The van der Waals surface area contributed by atoms with Gasteiger partial charge < -0.3 is 10.5 Å². The van der Waals surface area contributed by atoms with Crippen LogP contribution in [-0.2, 0) is 4.74 Å². The van der Waals surface area contributed by atoms with Gasteiger partial charge in [0.25, 0.3) is 0 Å². The average molecular weight is 247 g/mol. The molecule has 0 aromatic carbocycles. The number of nitrogens with two attached hydrogens (primary N) is 1. The summed E-state index contributed by atoms with van der Waals surface area (Å²) in [5, 5.41) is 4.14. The van der Waals surface area contributed by atoms with E-state index < -0.39 is 0 Å². The first kappa shape index (κ1) is 12.6. The van der Waals surface area contributed by atoms with Crippen molar-refractivity contribution in [3.63, 3.8) is 0 Å². The third-order valence-electron chi connectivity index (χ3n) is 2.85. The minimum Gasteiger partial charge on any atom is -0.399 e. The Balaban J connectivity index is 2.10. The van der Waals surface area contributed by atoms with Crippen LogP contribution in [0.2, 0.25) is 0 Å². The number of ether oxygens (including phenoxy) is 1. The van der Waals surface area contributed by atoms with E-state index in [0.29, 0.717) is 24.3 Å². The predicted octanol–water partition coefficient (Wildman–Crippen LogP) is 1.92. The fourth-order valence-corrected chi connectivity index (χ4v) is 1.88. The number of unbranched alkanes of at least 4 members (excludes halogenated alkanes) is 1. The van der Waals surface area contributed by atoms with Gasteiger partial charge in [-0.25, -0.2) is 4.52 Å². The van der Waals surface area contributed by atoms with Crippen molar-refractivity contribution < 1.29 is 9.53 Å². The lowest BCUT2D eigenvalue weighted by Gasteiger charge is -2.00.